The van der Waals surface area contributed by atoms with Gasteiger partial charge in [0.25, 0.3) is 0 Å². The molecule has 1 aromatic heterocycles. The van der Waals surface area contributed by atoms with Crippen molar-refractivity contribution >= 4 is 34.7 Å². The highest BCUT2D eigenvalue weighted by atomic mass is 35.5. The van der Waals surface area contributed by atoms with Crippen molar-refractivity contribution in [3.8, 4) is 0 Å². The van der Waals surface area contributed by atoms with Gasteiger partial charge in [-0.2, -0.15) is 10.1 Å². The van der Waals surface area contributed by atoms with Crippen molar-refractivity contribution in [2.45, 2.75) is 13.8 Å². The minimum Gasteiger partial charge on any atom is -0.368 e. The predicted molar refractivity (Wildman–Crippen MR) is 115 cm³/mol. The van der Waals surface area contributed by atoms with Crippen molar-refractivity contribution in [1.29, 1.82) is 0 Å². The normalized spacial score (nSPS) is 14.2. The third-order valence-corrected chi connectivity index (χ3v) is 5.36. The molecule has 7 heteroatoms. The van der Waals surface area contributed by atoms with Gasteiger partial charge in [0.2, 0.25) is 5.95 Å². The largest absolute Gasteiger partial charge is 0.368 e. The number of piperazine rings is 1. The number of hydrogen-bond donors (Lipinski definition) is 1. The topological polar surface area (TPSA) is 57.2 Å². The summed E-state index contributed by atoms with van der Waals surface area (Å²) in [6.45, 7) is 7.92. The minimum atomic E-state index is 0.646. The second kappa shape index (κ2) is 8.02. The van der Waals surface area contributed by atoms with E-state index in [9.17, 15) is 0 Å². The highest BCUT2D eigenvalue weighted by Crippen LogP contribution is 2.25. The molecule has 1 fully saturated rings. The van der Waals surface area contributed by atoms with E-state index in [1.165, 1.54) is 16.8 Å². The van der Waals surface area contributed by atoms with E-state index < -0.39 is 0 Å². The number of benzene rings is 2. The molecule has 3 aromatic rings. The first kappa shape index (κ1) is 18.5. The van der Waals surface area contributed by atoms with E-state index in [1.54, 1.807) is 6.20 Å². The molecule has 1 aliphatic heterocycles. The number of aryl methyl sites for hydroxylation is 1. The third-order valence-electron chi connectivity index (χ3n) is 5.12. The Balaban J connectivity index is 1.44. The summed E-state index contributed by atoms with van der Waals surface area (Å²) in [5.41, 5.74) is 4.86. The van der Waals surface area contributed by atoms with Gasteiger partial charge in [-0.15, -0.1) is 5.10 Å². The van der Waals surface area contributed by atoms with Crippen LogP contribution in [0.3, 0.4) is 0 Å². The van der Waals surface area contributed by atoms with Crippen LogP contribution in [0.2, 0.25) is 5.02 Å². The van der Waals surface area contributed by atoms with E-state index in [4.69, 9.17) is 11.6 Å². The molecule has 1 saturated heterocycles. The molecule has 0 bridgehead atoms. The lowest BCUT2D eigenvalue weighted by atomic mass is 10.1. The summed E-state index contributed by atoms with van der Waals surface area (Å²) in [7, 11) is 0. The fraction of sp³-hybridized carbons (Fsp3) is 0.286. The van der Waals surface area contributed by atoms with Crippen LogP contribution in [0.1, 0.15) is 11.1 Å². The van der Waals surface area contributed by atoms with Gasteiger partial charge < -0.3 is 15.1 Å². The van der Waals surface area contributed by atoms with Gasteiger partial charge in [0, 0.05) is 42.6 Å². The number of nitrogens with one attached hydrogen (secondary N) is 1. The summed E-state index contributed by atoms with van der Waals surface area (Å²) in [5.74, 6) is 1.30. The number of nitrogens with zero attached hydrogens (tertiary/aromatic N) is 5. The van der Waals surface area contributed by atoms with Crippen LogP contribution < -0.4 is 15.1 Å². The molecule has 1 aliphatic rings. The standard InChI is InChI=1S/C21H23ClN6/c1-15-5-3-8-19(16(15)2)27-9-11-28(12-10-27)21-25-20(14-23-26-21)24-18-7-4-6-17(22)13-18/h3-8,13-14H,9-12H2,1-2H3,(H,24,25,26). The molecule has 0 amide bonds. The van der Waals surface area contributed by atoms with Crippen molar-refractivity contribution in [3.05, 3.63) is 64.8 Å². The van der Waals surface area contributed by atoms with E-state index in [1.807, 2.05) is 24.3 Å². The SMILES string of the molecule is Cc1cccc(N2CCN(c3nncc(Nc4cccc(Cl)c4)n3)CC2)c1C. The fourth-order valence-corrected chi connectivity index (χ4v) is 3.62. The Hall–Kier alpha value is -2.86. The molecule has 2 aromatic carbocycles. The van der Waals surface area contributed by atoms with Gasteiger partial charge in [-0.25, -0.2) is 0 Å². The summed E-state index contributed by atoms with van der Waals surface area (Å²) < 4.78 is 0. The maximum Gasteiger partial charge on any atom is 0.247 e. The molecule has 144 valence electrons. The Morgan fingerprint density at radius 2 is 1.71 bits per heavy atom. The summed E-state index contributed by atoms with van der Waals surface area (Å²) in [6.07, 6.45) is 1.62. The highest BCUT2D eigenvalue weighted by Gasteiger charge is 2.21. The summed E-state index contributed by atoms with van der Waals surface area (Å²) in [4.78, 5) is 9.24. The lowest BCUT2D eigenvalue weighted by Gasteiger charge is -2.36. The second-order valence-corrected chi connectivity index (χ2v) is 7.41. The van der Waals surface area contributed by atoms with Gasteiger partial charge in [0.15, 0.2) is 5.82 Å². The molecule has 0 atom stereocenters. The zero-order valence-corrected chi connectivity index (χ0v) is 16.8. The second-order valence-electron chi connectivity index (χ2n) is 6.97. The Bertz CT molecular complexity index is 969. The molecule has 28 heavy (non-hydrogen) atoms. The quantitative estimate of drug-likeness (QED) is 0.715. The van der Waals surface area contributed by atoms with Crippen molar-refractivity contribution < 1.29 is 0 Å². The first-order valence-corrected chi connectivity index (χ1v) is 9.76. The molecule has 0 radical (unpaired) electrons. The Kier molecular flexibility index (Phi) is 5.30. The predicted octanol–water partition coefficient (Wildman–Crippen LogP) is 4.21. The molecule has 0 saturated carbocycles. The number of hydrogen-bond acceptors (Lipinski definition) is 6. The van der Waals surface area contributed by atoms with E-state index in [0.717, 1.165) is 31.9 Å². The number of anilines is 4. The van der Waals surface area contributed by atoms with E-state index in [2.05, 4.69) is 62.3 Å². The van der Waals surface area contributed by atoms with Gasteiger partial charge in [-0.3, -0.25) is 0 Å². The van der Waals surface area contributed by atoms with Crippen LogP contribution in [-0.2, 0) is 0 Å². The van der Waals surface area contributed by atoms with E-state index in [-0.39, 0.29) is 0 Å². The van der Waals surface area contributed by atoms with Crippen LogP contribution in [0.5, 0.6) is 0 Å². The van der Waals surface area contributed by atoms with Crippen LogP contribution in [0, 0.1) is 13.8 Å². The fourth-order valence-electron chi connectivity index (χ4n) is 3.43. The summed E-state index contributed by atoms with van der Waals surface area (Å²) in [6, 6.07) is 14.0. The first-order chi connectivity index (χ1) is 13.6. The Morgan fingerprint density at radius 3 is 2.50 bits per heavy atom. The molecule has 0 aliphatic carbocycles. The van der Waals surface area contributed by atoms with Gasteiger partial charge >= 0.3 is 0 Å². The maximum atomic E-state index is 6.05. The molecular formula is C21H23ClN6. The van der Waals surface area contributed by atoms with Gasteiger partial charge in [-0.05, 0) is 49.2 Å². The van der Waals surface area contributed by atoms with E-state index in [0.29, 0.717) is 16.8 Å². The smallest absolute Gasteiger partial charge is 0.247 e. The molecule has 6 nitrogen and oxygen atoms in total. The van der Waals surface area contributed by atoms with Crippen LogP contribution in [0.15, 0.2) is 48.7 Å². The summed E-state index contributed by atoms with van der Waals surface area (Å²) >= 11 is 6.05. The molecule has 4 rings (SSSR count). The van der Waals surface area contributed by atoms with Crippen LogP contribution in [0.25, 0.3) is 0 Å². The molecule has 1 N–H and O–H groups in total. The van der Waals surface area contributed by atoms with Crippen molar-refractivity contribution in [2.75, 3.05) is 41.3 Å². The van der Waals surface area contributed by atoms with Gasteiger partial charge in [0.05, 0.1) is 6.20 Å². The van der Waals surface area contributed by atoms with Crippen LogP contribution in [-0.4, -0.2) is 41.4 Å². The minimum absolute atomic E-state index is 0.646. The lowest BCUT2D eigenvalue weighted by molar-refractivity contribution is 0.634. The number of rotatable bonds is 4. The van der Waals surface area contributed by atoms with Crippen LogP contribution >= 0.6 is 11.6 Å². The average molecular weight is 395 g/mol. The first-order valence-electron chi connectivity index (χ1n) is 9.38. The zero-order valence-electron chi connectivity index (χ0n) is 16.1. The average Bonchev–Trinajstić information content (AvgIpc) is 2.71. The zero-order chi connectivity index (χ0) is 19.5. The lowest BCUT2D eigenvalue weighted by Crippen LogP contribution is -2.47. The molecule has 2 heterocycles. The number of halogens is 1. The van der Waals surface area contributed by atoms with Crippen molar-refractivity contribution in [2.24, 2.45) is 0 Å². The maximum absolute atomic E-state index is 6.05. The Labute approximate surface area is 170 Å². The Morgan fingerprint density at radius 1 is 0.964 bits per heavy atom. The number of aromatic nitrogens is 3. The monoisotopic (exact) mass is 394 g/mol. The van der Waals surface area contributed by atoms with Crippen molar-refractivity contribution in [1.82, 2.24) is 15.2 Å². The summed E-state index contributed by atoms with van der Waals surface area (Å²) in [5, 5.41) is 12.3. The molecule has 0 unspecified atom stereocenters. The van der Waals surface area contributed by atoms with Crippen LogP contribution in [0.4, 0.5) is 23.1 Å². The molecule has 0 spiro atoms. The highest BCUT2D eigenvalue weighted by molar-refractivity contribution is 6.30. The molecular weight excluding hydrogens is 372 g/mol. The van der Waals surface area contributed by atoms with Gasteiger partial charge in [-0.1, -0.05) is 29.8 Å². The third kappa shape index (κ3) is 4.02. The van der Waals surface area contributed by atoms with E-state index >= 15 is 0 Å². The van der Waals surface area contributed by atoms with Gasteiger partial charge in [0.1, 0.15) is 0 Å². The van der Waals surface area contributed by atoms with Crippen molar-refractivity contribution in [3.63, 3.8) is 0 Å².